The molecule has 0 amide bonds. The second kappa shape index (κ2) is 2.62. The number of rotatable bonds is 1. The molecule has 0 radical (unpaired) electrons. The summed E-state index contributed by atoms with van der Waals surface area (Å²) in [5.74, 6) is 1.22. The average molecular weight is 182 g/mol. The van der Waals surface area contributed by atoms with Crippen LogP contribution in [0.2, 0.25) is 0 Å². The van der Waals surface area contributed by atoms with Crippen LogP contribution >= 0.6 is 0 Å². The van der Waals surface area contributed by atoms with E-state index >= 15 is 0 Å². The van der Waals surface area contributed by atoms with E-state index in [1.807, 2.05) is 12.1 Å². The highest BCUT2D eigenvalue weighted by Crippen LogP contribution is 2.37. The van der Waals surface area contributed by atoms with E-state index in [0.29, 0.717) is 11.5 Å². The van der Waals surface area contributed by atoms with Crippen molar-refractivity contribution in [1.82, 2.24) is 0 Å². The number of alkyl halides is 1. The van der Waals surface area contributed by atoms with Crippen LogP contribution in [-0.4, -0.2) is 12.0 Å². The molecule has 0 saturated heterocycles. The van der Waals surface area contributed by atoms with Crippen LogP contribution in [0, 0.1) is 0 Å². The van der Waals surface area contributed by atoms with Crippen LogP contribution in [-0.2, 0) is 0 Å². The third kappa shape index (κ3) is 1.46. The second-order valence-electron chi connectivity index (χ2n) is 3.58. The zero-order valence-corrected chi connectivity index (χ0v) is 7.58. The third-order valence-corrected chi connectivity index (χ3v) is 1.88. The summed E-state index contributed by atoms with van der Waals surface area (Å²) in [6.07, 6.45) is -0.829. The van der Waals surface area contributed by atoms with Gasteiger partial charge < -0.3 is 9.47 Å². The maximum atomic E-state index is 13.4. The average Bonchev–Trinajstić information content (AvgIpc) is 2.45. The predicted molar refractivity (Wildman–Crippen MR) is 46.7 cm³/mol. The molecule has 1 aromatic rings. The number of ether oxygens (including phenoxy) is 2. The molecule has 2 rings (SSSR count). The molecule has 1 aliphatic heterocycles. The summed E-state index contributed by atoms with van der Waals surface area (Å²) in [7, 11) is 0. The number of hydrogen-bond donors (Lipinski definition) is 0. The normalized spacial score (nSPS) is 16.2. The molecule has 1 aliphatic rings. The van der Waals surface area contributed by atoms with Crippen LogP contribution in [0.15, 0.2) is 24.3 Å². The van der Waals surface area contributed by atoms with E-state index in [2.05, 4.69) is 0 Å². The van der Waals surface area contributed by atoms with Gasteiger partial charge in [0.25, 0.3) is 6.29 Å². The van der Waals surface area contributed by atoms with Crippen molar-refractivity contribution in [2.24, 2.45) is 0 Å². The van der Waals surface area contributed by atoms with Gasteiger partial charge in [0.15, 0.2) is 17.2 Å². The van der Waals surface area contributed by atoms with Crippen molar-refractivity contribution in [1.29, 1.82) is 0 Å². The van der Waals surface area contributed by atoms with Gasteiger partial charge in [0.1, 0.15) is 0 Å². The van der Waals surface area contributed by atoms with Crippen molar-refractivity contribution in [3.63, 3.8) is 0 Å². The van der Waals surface area contributed by atoms with Crippen LogP contribution in [0.3, 0.4) is 0 Å². The predicted octanol–water partition coefficient (Wildman–Crippen LogP) is 2.53. The molecule has 70 valence electrons. The molecule has 0 bridgehead atoms. The van der Waals surface area contributed by atoms with Gasteiger partial charge in [-0.15, -0.1) is 0 Å². The largest absolute Gasteiger partial charge is 0.448 e. The Hall–Kier alpha value is -1.25. The topological polar surface area (TPSA) is 18.5 Å². The van der Waals surface area contributed by atoms with Gasteiger partial charge in [-0.1, -0.05) is 12.1 Å². The highest BCUT2D eigenvalue weighted by Gasteiger charge is 2.38. The van der Waals surface area contributed by atoms with Crippen molar-refractivity contribution in [2.45, 2.75) is 25.8 Å². The summed E-state index contributed by atoms with van der Waals surface area (Å²) >= 11 is 0. The molecule has 0 aliphatic carbocycles. The zero-order chi connectivity index (χ0) is 9.47. The number of fused-ring (bicyclic) bond motifs is 1. The van der Waals surface area contributed by atoms with Crippen molar-refractivity contribution >= 4 is 0 Å². The molecule has 1 heterocycles. The Morgan fingerprint density at radius 1 is 1.15 bits per heavy atom. The summed E-state index contributed by atoms with van der Waals surface area (Å²) in [5, 5.41) is 0. The number of hydrogen-bond acceptors (Lipinski definition) is 2. The lowest BCUT2D eigenvalue weighted by Crippen LogP contribution is -2.38. The van der Waals surface area contributed by atoms with E-state index in [4.69, 9.17) is 9.47 Å². The van der Waals surface area contributed by atoms with Crippen molar-refractivity contribution in [3.8, 4) is 11.5 Å². The zero-order valence-electron chi connectivity index (χ0n) is 7.58. The molecule has 0 atom stereocenters. The SMILES string of the molecule is CC(C)(F)C1Oc2ccccc2O1. The smallest absolute Gasteiger partial charge is 0.274 e. The molecule has 0 spiro atoms. The van der Waals surface area contributed by atoms with E-state index in [0.717, 1.165) is 0 Å². The lowest BCUT2D eigenvalue weighted by atomic mass is 10.2. The van der Waals surface area contributed by atoms with E-state index in [9.17, 15) is 4.39 Å². The van der Waals surface area contributed by atoms with Crippen LogP contribution in [0.25, 0.3) is 0 Å². The van der Waals surface area contributed by atoms with Crippen LogP contribution in [0.5, 0.6) is 11.5 Å². The molecule has 3 heteroatoms. The highest BCUT2D eigenvalue weighted by molar-refractivity contribution is 5.42. The molecule has 0 saturated carbocycles. The Balaban J connectivity index is 2.23. The fourth-order valence-electron chi connectivity index (χ4n) is 1.18. The van der Waals surface area contributed by atoms with Crippen LogP contribution < -0.4 is 9.47 Å². The molecular formula is C10H11FO2. The summed E-state index contributed by atoms with van der Waals surface area (Å²) < 4.78 is 24.0. The summed E-state index contributed by atoms with van der Waals surface area (Å²) in [5.41, 5.74) is -1.49. The van der Waals surface area contributed by atoms with E-state index in [-0.39, 0.29) is 0 Å². The first-order valence-corrected chi connectivity index (χ1v) is 4.18. The Labute approximate surface area is 76.3 Å². The number of para-hydroxylation sites is 2. The minimum absolute atomic E-state index is 0.609. The van der Waals surface area contributed by atoms with Crippen LogP contribution in [0.1, 0.15) is 13.8 Å². The molecular weight excluding hydrogens is 171 g/mol. The second-order valence-corrected chi connectivity index (χ2v) is 3.58. The molecule has 0 unspecified atom stereocenters. The van der Waals surface area contributed by atoms with Gasteiger partial charge in [0.2, 0.25) is 0 Å². The molecule has 13 heavy (non-hydrogen) atoms. The molecule has 1 aromatic carbocycles. The van der Waals surface area contributed by atoms with Gasteiger partial charge in [-0.2, -0.15) is 0 Å². The first-order chi connectivity index (χ1) is 6.07. The van der Waals surface area contributed by atoms with Gasteiger partial charge in [0, 0.05) is 0 Å². The van der Waals surface area contributed by atoms with Gasteiger partial charge in [-0.05, 0) is 26.0 Å². The fraction of sp³-hybridized carbons (Fsp3) is 0.400. The van der Waals surface area contributed by atoms with Gasteiger partial charge in [-0.3, -0.25) is 0 Å². The monoisotopic (exact) mass is 182 g/mol. The Morgan fingerprint density at radius 3 is 2.00 bits per heavy atom. The van der Waals surface area contributed by atoms with E-state index in [1.165, 1.54) is 13.8 Å². The van der Waals surface area contributed by atoms with E-state index < -0.39 is 12.0 Å². The maximum absolute atomic E-state index is 13.4. The van der Waals surface area contributed by atoms with Gasteiger partial charge in [0.05, 0.1) is 0 Å². The van der Waals surface area contributed by atoms with Crippen molar-refractivity contribution in [3.05, 3.63) is 24.3 Å². The van der Waals surface area contributed by atoms with Crippen molar-refractivity contribution in [2.75, 3.05) is 0 Å². The first-order valence-electron chi connectivity index (χ1n) is 4.18. The maximum Gasteiger partial charge on any atom is 0.274 e. The highest BCUT2D eigenvalue weighted by atomic mass is 19.1. The minimum Gasteiger partial charge on any atom is -0.448 e. The number of benzene rings is 1. The number of halogens is 1. The molecule has 0 N–H and O–H groups in total. The Bertz CT molecular complexity index is 292. The lowest BCUT2D eigenvalue weighted by molar-refractivity contribution is -0.0666. The summed E-state index contributed by atoms with van der Waals surface area (Å²) in [4.78, 5) is 0. The summed E-state index contributed by atoms with van der Waals surface area (Å²) in [6.45, 7) is 2.87. The van der Waals surface area contributed by atoms with Gasteiger partial charge >= 0.3 is 0 Å². The van der Waals surface area contributed by atoms with Gasteiger partial charge in [-0.25, -0.2) is 4.39 Å². The molecule has 2 nitrogen and oxygen atoms in total. The first kappa shape index (κ1) is 8.35. The Kier molecular flexibility index (Phi) is 1.68. The summed E-state index contributed by atoms with van der Waals surface area (Å²) in [6, 6.07) is 7.19. The third-order valence-electron chi connectivity index (χ3n) is 1.88. The molecule has 0 fully saturated rings. The van der Waals surface area contributed by atoms with Crippen molar-refractivity contribution < 1.29 is 13.9 Å². The quantitative estimate of drug-likeness (QED) is 0.664. The van der Waals surface area contributed by atoms with Crippen LogP contribution in [0.4, 0.5) is 4.39 Å². The Morgan fingerprint density at radius 2 is 1.62 bits per heavy atom. The standard InChI is InChI=1S/C10H11FO2/c1-10(2,11)9-12-7-5-3-4-6-8(7)13-9/h3-6,9H,1-2H3. The molecule has 0 aromatic heterocycles. The fourth-order valence-corrected chi connectivity index (χ4v) is 1.18. The lowest BCUT2D eigenvalue weighted by Gasteiger charge is -2.20. The van der Waals surface area contributed by atoms with E-state index in [1.54, 1.807) is 12.1 Å². The minimum atomic E-state index is -1.49.